The molecule has 4 heteroatoms. The van der Waals surface area contributed by atoms with Gasteiger partial charge >= 0.3 is 0 Å². The highest BCUT2D eigenvalue weighted by atomic mass is 32.1. The number of H-pyrrole nitrogens is 1. The lowest BCUT2D eigenvalue weighted by Gasteiger charge is -1.99. The topological polar surface area (TPSA) is 45.8 Å². The zero-order valence-electron chi connectivity index (χ0n) is 10.3. The Morgan fingerprint density at radius 2 is 2.18 bits per heavy atom. The van der Waals surface area contributed by atoms with Gasteiger partial charge in [0.25, 0.3) is 0 Å². The van der Waals surface area contributed by atoms with Crippen LogP contribution in [-0.4, -0.2) is 15.8 Å². The minimum Gasteiger partial charge on any atom is -0.348 e. The minimum absolute atomic E-state index is 0.217. The van der Waals surface area contributed by atoms with E-state index < -0.39 is 0 Å². The highest BCUT2D eigenvalue weighted by Gasteiger charge is 2.13. The first-order chi connectivity index (χ1) is 8.08. The van der Waals surface area contributed by atoms with Crippen molar-refractivity contribution >= 4 is 17.1 Å². The fourth-order valence-electron chi connectivity index (χ4n) is 1.91. The molecule has 90 valence electrons. The lowest BCUT2D eigenvalue weighted by Crippen LogP contribution is -2.02. The number of aromatic amines is 1. The molecule has 0 spiro atoms. The number of hydrogen-bond acceptors (Lipinski definition) is 3. The number of rotatable bonds is 4. The maximum atomic E-state index is 12.1. The predicted octanol–water partition coefficient (Wildman–Crippen LogP) is 3.21. The normalized spacial score (nSPS) is 10.8. The van der Waals surface area contributed by atoms with Gasteiger partial charge in [0, 0.05) is 27.4 Å². The van der Waals surface area contributed by atoms with Gasteiger partial charge < -0.3 is 4.98 Å². The van der Waals surface area contributed by atoms with Crippen LogP contribution in [0.15, 0.2) is 12.4 Å². The molecule has 2 rings (SSSR count). The van der Waals surface area contributed by atoms with E-state index in [1.165, 1.54) is 4.88 Å². The van der Waals surface area contributed by atoms with Gasteiger partial charge in [0.15, 0.2) is 5.78 Å². The van der Waals surface area contributed by atoms with Gasteiger partial charge in [-0.25, -0.2) is 4.98 Å². The summed E-state index contributed by atoms with van der Waals surface area (Å²) in [6, 6.07) is 1.99. The molecule has 0 saturated heterocycles. The van der Waals surface area contributed by atoms with Crippen LogP contribution in [0.4, 0.5) is 0 Å². The Morgan fingerprint density at radius 3 is 2.71 bits per heavy atom. The Morgan fingerprint density at radius 1 is 1.41 bits per heavy atom. The van der Waals surface area contributed by atoms with Crippen molar-refractivity contribution in [3.05, 3.63) is 39.1 Å². The van der Waals surface area contributed by atoms with E-state index in [1.54, 1.807) is 17.7 Å². The molecule has 3 nitrogen and oxygen atoms in total. The van der Waals surface area contributed by atoms with Gasteiger partial charge in [0.05, 0.1) is 12.0 Å². The SMILES string of the molecule is Cc1cc(C(=O)CCc2nc[nH]c2C)c(C)s1. The van der Waals surface area contributed by atoms with Crippen LogP contribution in [-0.2, 0) is 6.42 Å². The van der Waals surface area contributed by atoms with Gasteiger partial charge in [-0.3, -0.25) is 4.79 Å². The standard InChI is InChI=1S/C13H16N2OS/c1-8-6-11(10(3)17-8)13(16)5-4-12-9(2)14-7-15-12/h6-7H,4-5H2,1-3H3,(H,14,15). The Labute approximate surface area is 105 Å². The van der Waals surface area contributed by atoms with E-state index in [0.717, 1.165) is 21.8 Å². The lowest BCUT2D eigenvalue weighted by atomic mass is 10.1. The van der Waals surface area contributed by atoms with Gasteiger partial charge in [-0.1, -0.05) is 0 Å². The van der Waals surface area contributed by atoms with Crippen LogP contribution in [0.1, 0.15) is 37.9 Å². The Hall–Kier alpha value is -1.42. The third-order valence-corrected chi connectivity index (χ3v) is 3.83. The smallest absolute Gasteiger partial charge is 0.164 e. The maximum Gasteiger partial charge on any atom is 0.164 e. The third kappa shape index (κ3) is 2.64. The van der Waals surface area contributed by atoms with E-state index in [0.29, 0.717) is 12.8 Å². The summed E-state index contributed by atoms with van der Waals surface area (Å²) in [5.41, 5.74) is 2.92. The number of Topliss-reactive ketones (excluding diaryl/α,β-unsaturated/α-hetero) is 1. The summed E-state index contributed by atoms with van der Waals surface area (Å²) in [4.78, 5) is 21.6. The number of nitrogens with one attached hydrogen (secondary N) is 1. The van der Waals surface area contributed by atoms with Crippen molar-refractivity contribution in [2.24, 2.45) is 0 Å². The predicted molar refractivity (Wildman–Crippen MR) is 69.8 cm³/mol. The van der Waals surface area contributed by atoms with Crippen molar-refractivity contribution in [2.45, 2.75) is 33.6 Å². The molecule has 2 aromatic rings. The zero-order chi connectivity index (χ0) is 12.4. The van der Waals surface area contributed by atoms with Gasteiger partial charge in [-0.15, -0.1) is 11.3 Å². The van der Waals surface area contributed by atoms with Crippen LogP contribution in [0.2, 0.25) is 0 Å². The van der Waals surface area contributed by atoms with Crippen molar-refractivity contribution in [1.82, 2.24) is 9.97 Å². The minimum atomic E-state index is 0.217. The molecular weight excluding hydrogens is 232 g/mol. The third-order valence-electron chi connectivity index (χ3n) is 2.86. The average Bonchev–Trinajstić information content (AvgIpc) is 2.81. The summed E-state index contributed by atoms with van der Waals surface area (Å²) in [6.07, 6.45) is 2.92. The van der Waals surface area contributed by atoms with E-state index in [4.69, 9.17) is 0 Å². The van der Waals surface area contributed by atoms with Crippen LogP contribution in [0.5, 0.6) is 0 Å². The second-order valence-electron chi connectivity index (χ2n) is 4.22. The average molecular weight is 248 g/mol. The highest BCUT2D eigenvalue weighted by molar-refractivity contribution is 7.12. The molecule has 0 aliphatic heterocycles. The van der Waals surface area contributed by atoms with E-state index in [1.807, 2.05) is 26.8 Å². The van der Waals surface area contributed by atoms with Gasteiger partial charge in [-0.05, 0) is 33.3 Å². The van der Waals surface area contributed by atoms with Crippen molar-refractivity contribution in [1.29, 1.82) is 0 Å². The summed E-state index contributed by atoms with van der Waals surface area (Å²) in [5.74, 6) is 0.217. The molecule has 0 bridgehead atoms. The molecule has 0 saturated carbocycles. The Kier molecular flexibility index (Phi) is 3.43. The molecule has 0 amide bonds. The van der Waals surface area contributed by atoms with Crippen LogP contribution in [0.3, 0.4) is 0 Å². The van der Waals surface area contributed by atoms with E-state index in [2.05, 4.69) is 9.97 Å². The molecule has 0 fully saturated rings. The molecule has 0 unspecified atom stereocenters. The zero-order valence-corrected chi connectivity index (χ0v) is 11.1. The van der Waals surface area contributed by atoms with Gasteiger partial charge in [-0.2, -0.15) is 0 Å². The number of aryl methyl sites for hydroxylation is 4. The first kappa shape index (κ1) is 12.0. The summed E-state index contributed by atoms with van der Waals surface area (Å²) >= 11 is 1.68. The molecule has 0 aliphatic carbocycles. The van der Waals surface area contributed by atoms with E-state index in [9.17, 15) is 4.79 Å². The number of carbonyl (C=O) groups is 1. The lowest BCUT2D eigenvalue weighted by molar-refractivity contribution is 0.0982. The molecule has 0 radical (unpaired) electrons. The van der Waals surface area contributed by atoms with Crippen molar-refractivity contribution in [3.63, 3.8) is 0 Å². The summed E-state index contributed by atoms with van der Waals surface area (Å²) in [7, 11) is 0. The molecule has 17 heavy (non-hydrogen) atoms. The molecule has 2 heterocycles. The van der Waals surface area contributed by atoms with E-state index >= 15 is 0 Å². The van der Waals surface area contributed by atoms with Crippen LogP contribution in [0.25, 0.3) is 0 Å². The monoisotopic (exact) mass is 248 g/mol. The Balaban J connectivity index is 2.03. The van der Waals surface area contributed by atoms with Crippen molar-refractivity contribution in [3.8, 4) is 0 Å². The second-order valence-corrected chi connectivity index (χ2v) is 5.68. The molecule has 0 aliphatic rings. The fraction of sp³-hybridized carbons (Fsp3) is 0.385. The summed E-state index contributed by atoms with van der Waals surface area (Å²) < 4.78 is 0. The fourth-order valence-corrected chi connectivity index (χ4v) is 2.86. The van der Waals surface area contributed by atoms with Crippen molar-refractivity contribution < 1.29 is 4.79 Å². The largest absolute Gasteiger partial charge is 0.348 e. The summed E-state index contributed by atoms with van der Waals surface area (Å²) in [6.45, 7) is 6.02. The molecular formula is C13H16N2OS. The van der Waals surface area contributed by atoms with Crippen LogP contribution in [0, 0.1) is 20.8 Å². The van der Waals surface area contributed by atoms with Crippen LogP contribution >= 0.6 is 11.3 Å². The first-order valence-corrected chi connectivity index (χ1v) is 6.48. The van der Waals surface area contributed by atoms with Gasteiger partial charge in [0.1, 0.15) is 0 Å². The number of imidazole rings is 1. The Bertz CT molecular complexity index is 539. The highest BCUT2D eigenvalue weighted by Crippen LogP contribution is 2.22. The molecule has 1 N–H and O–H groups in total. The number of hydrogen-bond donors (Lipinski definition) is 1. The van der Waals surface area contributed by atoms with Gasteiger partial charge in [0.2, 0.25) is 0 Å². The maximum absolute atomic E-state index is 12.1. The number of thiophene rings is 1. The van der Waals surface area contributed by atoms with Crippen LogP contribution < -0.4 is 0 Å². The summed E-state index contributed by atoms with van der Waals surface area (Å²) in [5, 5.41) is 0. The second kappa shape index (κ2) is 4.84. The molecule has 0 aromatic carbocycles. The first-order valence-electron chi connectivity index (χ1n) is 5.67. The number of nitrogens with zero attached hydrogens (tertiary/aromatic N) is 1. The quantitative estimate of drug-likeness (QED) is 0.844. The number of aromatic nitrogens is 2. The number of ketones is 1. The molecule has 0 atom stereocenters. The van der Waals surface area contributed by atoms with E-state index in [-0.39, 0.29) is 5.78 Å². The van der Waals surface area contributed by atoms with Crippen molar-refractivity contribution in [2.75, 3.05) is 0 Å². The molecule has 2 aromatic heterocycles. The number of carbonyl (C=O) groups excluding carboxylic acids is 1.